The molecular formula is C58H48N6OPt-2. The van der Waals surface area contributed by atoms with Crippen LogP contribution in [0.25, 0.3) is 72.3 Å². The van der Waals surface area contributed by atoms with Crippen LogP contribution in [0, 0.1) is 18.5 Å². The van der Waals surface area contributed by atoms with Crippen molar-refractivity contribution in [1.82, 2.24) is 14.1 Å². The van der Waals surface area contributed by atoms with E-state index in [4.69, 9.17) is 23.4 Å². The summed E-state index contributed by atoms with van der Waals surface area (Å²) >= 11 is 0. The molecule has 0 atom stereocenters. The molecule has 2 aliphatic rings. The Kier molecular flexibility index (Phi) is 8.75. The Bertz CT molecular complexity index is 3800. The van der Waals surface area contributed by atoms with Gasteiger partial charge in [0.1, 0.15) is 11.3 Å². The van der Waals surface area contributed by atoms with Crippen LogP contribution in [-0.4, -0.2) is 40.3 Å². The minimum Gasteiger partial charge on any atom is -0.510 e. The Morgan fingerprint density at radius 3 is 2.02 bits per heavy atom. The zero-order chi connectivity index (χ0) is 51.8. The van der Waals surface area contributed by atoms with Gasteiger partial charge in [0.15, 0.2) is 0 Å². The fourth-order valence-corrected chi connectivity index (χ4v) is 9.62. The van der Waals surface area contributed by atoms with Crippen molar-refractivity contribution in [3.8, 4) is 50.9 Å². The number of hydrogen-bond acceptors (Lipinski definition) is 4. The molecule has 0 saturated carbocycles. The first-order valence-electron chi connectivity index (χ1n) is 27.3. The number of benzene rings is 7. The van der Waals surface area contributed by atoms with Gasteiger partial charge in [0, 0.05) is 87.9 Å². The number of anilines is 2. The fraction of sp³-hybridized carbons (Fsp3) is 0.172. The van der Waals surface area contributed by atoms with Crippen LogP contribution in [0.5, 0.6) is 11.5 Å². The van der Waals surface area contributed by atoms with Crippen molar-refractivity contribution in [1.29, 1.82) is 0 Å². The van der Waals surface area contributed by atoms with Gasteiger partial charge in [-0.15, -0.1) is 29.7 Å². The minimum atomic E-state index is -0.563. The smallest absolute Gasteiger partial charge is 0.268 e. The minimum absolute atomic E-state index is 0. The Balaban J connectivity index is 0.00000616. The van der Waals surface area contributed by atoms with Crippen LogP contribution in [0.2, 0.25) is 0 Å². The number of piperidine rings is 2. The molecule has 10 aromatic rings. The standard InChI is InChI=1S/C58H48N6O.Pt/c1-5-18-42(19-6-1)48-25-16-26-49(43-20-7-2-8-21-43)57(48)63-41-62(58-53(28-17-29-54(58)63)61-36-13-4-14-37-61)45-22-15-23-46(38-45)65-47-30-31-51-50-24-9-10-27-52(50)64(55(51)40-47)56-39-44(32-33-59-56)60-34-11-3-12-35-60;/h1-2,5-10,15-33,39H,3-4,11-14,34-37H2;/q-2;/i1D,2D,5D,6D,7D,8D,18D,19D,20D,21D;. The number of rotatable bonds is 9. The van der Waals surface area contributed by atoms with E-state index < -0.39 is 60.4 Å². The van der Waals surface area contributed by atoms with Gasteiger partial charge in [-0.25, -0.2) is 4.98 Å². The molecule has 0 amide bonds. The molecule has 328 valence electrons. The number of fused-ring (bicyclic) bond motifs is 4. The molecule has 5 heterocycles. The Morgan fingerprint density at radius 2 is 1.27 bits per heavy atom. The van der Waals surface area contributed by atoms with Gasteiger partial charge >= 0.3 is 0 Å². The molecule has 7 nitrogen and oxygen atoms in total. The summed E-state index contributed by atoms with van der Waals surface area (Å²) in [7, 11) is 0. The average Bonchev–Trinajstić information content (AvgIpc) is 4.00. The molecule has 3 aromatic heterocycles. The van der Waals surface area contributed by atoms with Crippen molar-refractivity contribution in [2.24, 2.45) is 0 Å². The van der Waals surface area contributed by atoms with Crippen LogP contribution in [0.3, 0.4) is 0 Å². The third-order valence-electron chi connectivity index (χ3n) is 12.6. The molecule has 2 saturated heterocycles. The Morgan fingerprint density at radius 1 is 0.606 bits per heavy atom. The fourth-order valence-electron chi connectivity index (χ4n) is 9.62. The van der Waals surface area contributed by atoms with E-state index >= 15 is 0 Å². The number of pyridine rings is 1. The first kappa shape index (κ1) is 31.8. The van der Waals surface area contributed by atoms with Crippen LogP contribution >= 0.6 is 0 Å². The first-order valence-corrected chi connectivity index (χ1v) is 22.3. The maximum absolute atomic E-state index is 9.16. The third-order valence-corrected chi connectivity index (χ3v) is 12.6. The molecule has 0 bridgehead atoms. The van der Waals surface area contributed by atoms with Crippen molar-refractivity contribution >= 4 is 44.2 Å². The summed E-state index contributed by atoms with van der Waals surface area (Å²) in [5, 5.41) is 2.06. The molecule has 7 aromatic carbocycles. The third kappa shape index (κ3) is 7.65. The molecule has 66 heavy (non-hydrogen) atoms. The molecule has 0 radical (unpaired) electrons. The quantitative estimate of drug-likeness (QED) is 0.107. The summed E-state index contributed by atoms with van der Waals surface area (Å²) in [6, 6.07) is 34.6. The van der Waals surface area contributed by atoms with Gasteiger partial charge in [-0.05, 0) is 90.1 Å². The van der Waals surface area contributed by atoms with E-state index in [1.54, 1.807) is 22.8 Å². The maximum Gasteiger partial charge on any atom is 0.268 e. The molecule has 0 aliphatic carbocycles. The zero-order valence-corrected chi connectivity index (χ0v) is 38.1. The summed E-state index contributed by atoms with van der Waals surface area (Å²) in [5.74, 6) is 1.61. The van der Waals surface area contributed by atoms with Gasteiger partial charge in [0.25, 0.3) is 6.33 Å². The number of hydrogen-bond donors (Lipinski definition) is 0. The second-order valence-corrected chi connectivity index (χ2v) is 16.5. The predicted molar refractivity (Wildman–Crippen MR) is 263 cm³/mol. The van der Waals surface area contributed by atoms with Gasteiger partial charge in [-0.1, -0.05) is 114 Å². The van der Waals surface area contributed by atoms with E-state index in [2.05, 4.69) is 57.1 Å². The van der Waals surface area contributed by atoms with E-state index in [1.165, 1.54) is 6.42 Å². The molecule has 2 fully saturated rings. The van der Waals surface area contributed by atoms with Gasteiger partial charge < -0.3 is 23.7 Å². The summed E-state index contributed by atoms with van der Waals surface area (Å²) in [4.78, 5) is 9.62. The zero-order valence-electron chi connectivity index (χ0n) is 45.9. The van der Waals surface area contributed by atoms with Gasteiger partial charge in [0.05, 0.1) is 24.9 Å². The van der Waals surface area contributed by atoms with Gasteiger partial charge in [-0.3, -0.25) is 4.57 Å². The van der Waals surface area contributed by atoms with E-state index in [1.807, 2.05) is 71.4 Å². The molecule has 0 unspecified atom stereocenters. The van der Waals surface area contributed by atoms with Crippen LogP contribution in [0.1, 0.15) is 52.2 Å². The first-order chi connectivity index (χ1) is 36.4. The SMILES string of the molecule is [2H]c1c([2H])c([2H])c(-c2cccc(-c3c([2H])c([2H])c([2H])c([2H])c3[2H])c2-[n+]2[c-]n(-c3[c-]c(Oc4[c-]c5c(cc4)c4ccccc4n5-c4cc(N5CCCCC5)ccn4)ccc3)c3c(N4CCCCC4)cccc32)c([2H])c1[2H].[Pt]. The Labute approximate surface area is 414 Å². The van der Waals surface area contributed by atoms with Crippen LogP contribution in [-0.2, 0) is 21.1 Å². The van der Waals surface area contributed by atoms with Crippen molar-refractivity contribution in [3.05, 3.63) is 188 Å². The average molecular weight is 1050 g/mol. The van der Waals surface area contributed by atoms with Crippen molar-refractivity contribution < 1.29 is 44.1 Å². The largest absolute Gasteiger partial charge is 0.510 e. The topological polar surface area (TPSA) is 42.3 Å². The number of aromatic nitrogens is 4. The second kappa shape index (κ2) is 18.1. The van der Waals surface area contributed by atoms with Gasteiger partial charge in [-0.2, -0.15) is 18.2 Å². The number of imidazole rings is 1. The van der Waals surface area contributed by atoms with Gasteiger partial charge in [0.2, 0.25) is 0 Å². The van der Waals surface area contributed by atoms with Crippen molar-refractivity contribution in [2.75, 3.05) is 36.0 Å². The Hall–Kier alpha value is -6.95. The van der Waals surface area contributed by atoms with E-state index in [0.717, 1.165) is 97.3 Å². The van der Waals surface area contributed by atoms with Crippen LogP contribution < -0.4 is 19.1 Å². The van der Waals surface area contributed by atoms with Crippen LogP contribution in [0.4, 0.5) is 11.4 Å². The summed E-state index contributed by atoms with van der Waals surface area (Å²) in [6.07, 6.45) is 12.0. The summed E-state index contributed by atoms with van der Waals surface area (Å²) in [6.45, 7) is 3.59. The monoisotopic (exact) mass is 1050 g/mol. The van der Waals surface area contributed by atoms with E-state index in [-0.39, 0.29) is 49.0 Å². The number of ether oxygens (including phenoxy) is 1. The summed E-state index contributed by atoms with van der Waals surface area (Å²) in [5.41, 5.74) is 5.89. The number of para-hydroxylation sites is 3. The van der Waals surface area contributed by atoms with Crippen molar-refractivity contribution in [2.45, 2.75) is 38.5 Å². The number of nitrogens with zero attached hydrogens (tertiary/aromatic N) is 6. The normalized spacial score (nSPS) is 16.3. The molecular weight excluding hydrogens is 992 g/mol. The molecule has 0 spiro atoms. The van der Waals surface area contributed by atoms with E-state index in [9.17, 15) is 0 Å². The van der Waals surface area contributed by atoms with E-state index in [0.29, 0.717) is 28.2 Å². The predicted octanol–water partition coefficient (Wildman–Crippen LogP) is 12.9. The molecule has 8 heteroatoms. The maximum atomic E-state index is 9.16. The second-order valence-electron chi connectivity index (χ2n) is 16.5. The summed E-state index contributed by atoms with van der Waals surface area (Å²) < 4.78 is 101. The van der Waals surface area contributed by atoms with Crippen molar-refractivity contribution in [3.63, 3.8) is 0 Å². The molecule has 2 aliphatic heterocycles. The molecule has 0 N–H and O–H groups in total. The van der Waals surface area contributed by atoms with Crippen LogP contribution in [0.15, 0.2) is 170 Å². The molecule has 12 rings (SSSR count).